The van der Waals surface area contributed by atoms with E-state index in [2.05, 4.69) is 71.6 Å². The first-order chi connectivity index (χ1) is 13.6. The molecule has 0 N–H and O–H groups in total. The zero-order valence-electron chi connectivity index (χ0n) is 16.6. The van der Waals surface area contributed by atoms with Crippen LogP contribution >= 0.6 is 11.3 Å². The molecular weight excluding hydrogens is 366 g/mol. The highest BCUT2D eigenvalue weighted by Gasteiger charge is 2.22. The van der Waals surface area contributed by atoms with E-state index in [-0.39, 0.29) is 0 Å². The number of hydrogen-bond acceptors (Lipinski definition) is 5. The predicted molar refractivity (Wildman–Crippen MR) is 118 cm³/mol. The number of benzene rings is 2. The molecule has 0 bridgehead atoms. The molecule has 0 spiro atoms. The van der Waals surface area contributed by atoms with Gasteiger partial charge in [0.05, 0.1) is 15.7 Å². The van der Waals surface area contributed by atoms with Crippen molar-refractivity contribution in [3.63, 3.8) is 0 Å². The molecule has 144 valence electrons. The van der Waals surface area contributed by atoms with Crippen molar-refractivity contribution in [3.8, 4) is 11.1 Å². The second-order valence-electron chi connectivity index (χ2n) is 7.94. The Labute approximate surface area is 169 Å². The van der Waals surface area contributed by atoms with E-state index in [4.69, 9.17) is 4.98 Å². The summed E-state index contributed by atoms with van der Waals surface area (Å²) < 4.78 is 3.13. The van der Waals surface area contributed by atoms with E-state index < -0.39 is 0 Å². The number of fused-ring (bicyclic) bond motifs is 2. The quantitative estimate of drug-likeness (QED) is 0.519. The fourth-order valence-corrected chi connectivity index (χ4v) is 5.19. The van der Waals surface area contributed by atoms with Gasteiger partial charge in [-0.2, -0.15) is 5.10 Å². The fourth-order valence-electron chi connectivity index (χ4n) is 4.13. The van der Waals surface area contributed by atoms with Crippen molar-refractivity contribution < 1.29 is 0 Å². The van der Waals surface area contributed by atoms with Gasteiger partial charge in [-0.15, -0.1) is 0 Å². The Bertz CT molecular complexity index is 1130. The summed E-state index contributed by atoms with van der Waals surface area (Å²) in [6.45, 7) is 2.18. The van der Waals surface area contributed by atoms with Gasteiger partial charge in [0.1, 0.15) is 0 Å². The predicted octanol–water partition coefficient (Wildman–Crippen LogP) is 4.38. The minimum Gasteiger partial charge on any atom is -0.348 e. The van der Waals surface area contributed by atoms with Gasteiger partial charge in [0.15, 0.2) is 5.13 Å². The molecule has 0 amide bonds. The van der Waals surface area contributed by atoms with Crippen LogP contribution in [0.4, 0.5) is 5.13 Å². The molecule has 5 nitrogen and oxygen atoms in total. The van der Waals surface area contributed by atoms with Crippen molar-refractivity contribution in [1.82, 2.24) is 19.7 Å². The molecule has 6 heteroatoms. The number of aryl methyl sites for hydroxylation is 1. The normalized spacial score (nSPS) is 15.9. The van der Waals surface area contributed by atoms with Crippen LogP contribution in [0.2, 0.25) is 0 Å². The number of piperidine rings is 1. The molecule has 1 aliphatic heterocycles. The van der Waals surface area contributed by atoms with E-state index >= 15 is 0 Å². The van der Waals surface area contributed by atoms with Crippen LogP contribution in [0.25, 0.3) is 32.2 Å². The molecule has 0 unspecified atom stereocenters. The van der Waals surface area contributed by atoms with Gasteiger partial charge in [0, 0.05) is 37.8 Å². The molecule has 2 aromatic heterocycles. The summed E-state index contributed by atoms with van der Waals surface area (Å²) in [4.78, 5) is 9.71. The first-order valence-corrected chi connectivity index (χ1v) is 10.6. The highest BCUT2D eigenvalue weighted by Crippen LogP contribution is 2.34. The Morgan fingerprint density at radius 3 is 2.46 bits per heavy atom. The van der Waals surface area contributed by atoms with Crippen LogP contribution in [-0.2, 0) is 7.05 Å². The van der Waals surface area contributed by atoms with Gasteiger partial charge in [-0.1, -0.05) is 23.5 Å². The summed E-state index contributed by atoms with van der Waals surface area (Å²) in [6.07, 6.45) is 4.48. The van der Waals surface area contributed by atoms with Crippen molar-refractivity contribution in [1.29, 1.82) is 0 Å². The first kappa shape index (κ1) is 17.6. The summed E-state index contributed by atoms with van der Waals surface area (Å²) in [6, 6.07) is 13.8. The molecule has 0 aliphatic carbocycles. The number of anilines is 1. The summed E-state index contributed by atoms with van der Waals surface area (Å²) >= 11 is 1.81. The van der Waals surface area contributed by atoms with Gasteiger partial charge in [-0.05, 0) is 62.3 Å². The smallest absolute Gasteiger partial charge is 0.186 e. The van der Waals surface area contributed by atoms with Gasteiger partial charge in [0.2, 0.25) is 0 Å². The monoisotopic (exact) mass is 391 g/mol. The van der Waals surface area contributed by atoms with Crippen molar-refractivity contribution in [2.45, 2.75) is 18.9 Å². The number of thiazole rings is 1. The minimum absolute atomic E-state index is 0.694. The Morgan fingerprint density at radius 1 is 1.00 bits per heavy atom. The second kappa shape index (κ2) is 6.87. The number of aromatic nitrogens is 3. The van der Waals surface area contributed by atoms with E-state index in [1.165, 1.54) is 34.1 Å². The lowest BCUT2D eigenvalue weighted by Gasteiger charge is -2.34. The lowest BCUT2D eigenvalue weighted by atomic mass is 10.0. The topological polar surface area (TPSA) is 37.2 Å². The van der Waals surface area contributed by atoms with Crippen LogP contribution in [0.3, 0.4) is 0 Å². The summed E-state index contributed by atoms with van der Waals surface area (Å²) in [7, 11) is 6.33. The largest absolute Gasteiger partial charge is 0.348 e. The van der Waals surface area contributed by atoms with E-state index in [0.717, 1.165) is 29.3 Å². The second-order valence-corrected chi connectivity index (χ2v) is 8.95. The minimum atomic E-state index is 0.694. The highest BCUT2D eigenvalue weighted by atomic mass is 32.1. The third-order valence-corrected chi connectivity index (χ3v) is 6.87. The maximum atomic E-state index is 4.91. The molecule has 3 heterocycles. The zero-order valence-corrected chi connectivity index (χ0v) is 17.4. The van der Waals surface area contributed by atoms with Crippen molar-refractivity contribution in [2.24, 2.45) is 7.05 Å². The Hall–Kier alpha value is -2.44. The van der Waals surface area contributed by atoms with Gasteiger partial charge in [0.25, 0.3) is 0 Å². The third-order valence-electron chi connectivity index (χ3n) is 5.79. The molecule has 1 aliphatic rings. The fraction of sp³-hybridized carbons (Fsp3) is 0.364. The molecule has 0 atom stereocenters. The third kappa shape index (κ3) is 3.16. The average molecular weight is 392 g/mol. The highest BCUT2D eigenvalue weighted by molar-refractivity contribution is 7.22. The van der Waals surface area contributed by atoms with Crippen molar-refractivity contribution >= 4 is 37.6 Å². The standard InChI is InChI=1S/C22H25N5S/c1-25(2)18-8-10-27(11-9-18)22-23-20-7-5-16(13-21(20)28-22)15-4-6-19-17(12-15)14-26(3)24-19/h4-7,12-14,18H,8-11H2,1-3H3. The molecule has 5 rings (SSSR count). The average Bonchev–Trinajstić information content (AvgIpc) is 3.29. The molecular formula is C22H25N5S. The van der Waals surface area contributed by atoms with Crippen molar-refractivity contribution in [3.05, 3.63) is 42.6 Å². The molecule has 4 aromatic rings. The number of rotatable bonds is 3. The van der Waals surface area contributed by atoms with Crippen LogP contribution in [-0.4, -0.2) is 52.9 Å². The van der Waals surface area contributed by atoms with Crippen LogP contribution in [0.5, 0.6) is 0 Å². The Balaban J connectivity index is 1.43. The molecule has 0 saturated carbocycles. The number of nitrogens with zero attached hydrogens (tertiary/aromatic N) is 5. The van der Waals surface area contributed by atoms with Crippen LogP contribution < -0.4 is 4.90 Å². The summed E-state index contributed by atoms with van der Waals surface area (Å²) in [5.41, 5.74) is 4.60. The van der Waals surface area contributed by atoms with Gasteiger partial charge < -0.3 is 9.80 Å². The Kier molecular flexibility index (Phi) is 4.33. The molecule has 0 radical (unpaired) electrons. The Morgan fingerprint density at radius 2 is 1.71 bits per heavy atom. The van der Waals surface area contributed by atoms with E-state index in [0.29, 0.717) is 6.04 Å². The molecule has 1 fully saturated rings. The maximum absolute atomic E-state index is 4.91. The lowest BCUT2D eigenvalue weighted by Crippen LogP contribution is -2.41. The van der Waals surface area contributed by atoms with Gasteiger partial charge in [-0.3, -0.25) is 4.68 Å². The van der Waals surface area contributed by atoms with Crippen LogP contribution in [0.1, 0.15) is 12.8 Å². The van der Waals surface area contributed by atoms with E-state index in [1.807, 2.05) is 23.1 Å². The van der Waals surface area contributed by atoms with E-state index in [1.54, 1.807) is 0 Å². The zero-order chi connectivity index (χ0) is 19.3. The maximum Gasteiger partial charge on any atom is 0.186 e. The molecule has 1 saturated heterocycles. The van der Waals surface area contributed by atoms with Crippen molar-refractivity contribution in [2.75, 3.05) is 32.1 Å². The van der Waals surface area contributed by atoms with Gasteiger partial charge in [-0.25, -0.2) is 4.98 Å². The molecule has 28 heavy (non-hydrogen) atoms. The van der Waals surface area contributed by atoms with Crippen LogP contribution in [0.15, 0.2) is 42.6 Å². The van der Waals surface area contributed by atoms with Gasteiger partial charge >= 0.3 is 0 Å². The van der Waals surface area contributed by atoms with E-state index in [9.17, 15) is 0 Å². The SMILES string of the molecule is CN(C)C1CCN(c2nc3ccc(-c4ccc5nn(C)cc5c4)cc3s2)CC1. The first-order valence-electron chi connectivity index (χ1n) is 9.82. The molecule has 2 aromatic carbocycles. The summed E-state index contributed by atoms with van der Waals surface area (Å²) in [5.74, 6) is 0. The lowest BCUT2D eigenvalue weighted by molar-refractivity contribution is 0.249. The number of hydrogen-bond donors (Lipinski definition) is 0. The van der Waals surface area contributed by atoms with Crippen LogP contribution in [0, 0.1) is 0 Å². The summed E-state index contributed by atoms with van der Waals surface area (Å²) in [5, 5.41) is 6.80.